The average Bonchev–Trinajstić information content (AvgIpc) is 2.29. The Morgan fingerprint density at radius 2 is 2.18 bits per heavy atom. The van der Waals surface area contributed by atoms with E-state index in [-0.39, 0.29) is 17.2 Å². The van der Waals surface area contributed by atoms with Gasteiger partial charge in [0.25, 0.3) is 0 Å². The molecule has 0 bridgehead atoms. The number of benzene rings is 1. The van der Waals surface area contributed by atoms with Crippen molar-refractivity contribution in [2.45, 2.75) is 18.2 Å². The van der Waals surface area contributed by atoms with Crippen LogP contribution in [-0.2, 0) is 10.0 Å². The van der Waals surface area contributed by atoms with Gasteiger partial charge >= 0.3 is 0 Å². The lowest BCUT2D eigenvalue weighted by atomic mass is 10.3. The minimum absolute atomic E-state index is 0.0545. The van der Waals surface area contributed by atoms with E-state index in [4.69, 9.17) is 0 Å². The molecule has 0 aromatic heterocycles. The van der Waals surface area contributed by atoms with Crippen molar-refractivity contribution in [3.05, 3.63) is 36.9 Å². The van der Waals surface area contributed by atoms with E-state index >= 15 is 0 Å². The summed E-state index contributed by atoms with van der Waals surface area (Å²) in [6.07, 6.45) is 2.28. The summed E-state index contributed by atoms with van der Waals surface area (Å²) in [5, 5.41) is 9.31. The molecular weight excluding hydrogens is 238 g/mol. The van der Waals surface area contributed by atoms with Crippen molar-refractivity contribution in [1.29, 1.82) is 0 Å². The molecule has 0 unspecified atom stereocenters. The number of aromatic hydroxyl groups is 1. The van der Waals surface area contributed by atoms with Crippen molar-refractivity contribution in [2.24, 2.45) is 0 Å². The van der Waals surface area contributed by atoms with Gasteiger partial charge in [0.05, 0.1) is 4.90 Å². The van der Waals surface area contributed by atoms with Gasteiger partial charge in [-0.1, -0.05) is 19.1 Å². The molecule has 0 aliphatic carbocycles. The summed E-state index contributed by atoms with van der Waals surface area (Å²) < 4.78 is 25.8. The molecule has 0 amide bonds. The van der Waals surface area contributed by atoms with E-state index < -0.39 is 10.0 Å². The quantitative estimate of drug-likeness (QED) is 0.791. The summed E-state index contributed by atoms with van der Waals surface area (Å²) in [4.78, 5) is 0.104. The fourth-order valence-corrected chi connectivity index (χ4v) is 3.04. The van der Waals surface area contributed by atoms with Crippen LogP contribution in [0.3, 0.4) is 0 Å². The largest absolute Gasteiger partial charge is 0.508 e. The summed E-state index contributed by atoms with van der Waals surface area (Å²) in [5.41, 5.74) is 0. The second-order valence-corrected chi connectivity index (χ2v) is 5.59. The maximum absolute atomic E-state index is 12.2. The van der Waals surface area contributed by atoms with Crippen LogP contribution >= 0.6 is 0 Å². The predicted molar refractivity (Wildman–Crippen MR) is 67.4 cm³/mol. The number of hydrogen-bond donors (Lipinski definition) is 1. The standard InChI is InChI=1S/C12H17NO3S/c1-3-8-13(9-4-2)17(15,16)12-7-5-6-11(14)10-12/h3,5-7,10,14H,1,4,8-9H2,2H3. The minimum Gasteiger partial charge on any atom is -0.508 e. The first-order chi connectivity index (χ1) is 8.02. The molecule has 0 radical (unpaired) electrons. The molecule has 1 aromatic rings. The highest BCUT2D eigenvalue weighted by atomic mass is 32.2. The highest BCUT2D eigenvalue weighted by Crippen LogP contribution is 2.20. The second kappa shape index (κ2) is 5.84. The van der Waals surface area contributed by atoms with Crippen LogP contribution in [0.2, 0.25) is 0 Å². The van der Waals surface area contributed by atoms with Crippen LogP contribution in [0.1, 0.15) is 13.3 Å². The third kappa shape index (κ3) is 3.31. The predicted octanol–water partition coefficient (Wildman–Crippen LogP) is 1.98. The van der Waals surface area contributed by atoms with Crippen LogP contribution in [0.5, 0.6) is 5.75 Å². The zero-order valence-corrected chi connectivity index (χ0v) is 10.7. The molecule has 5 heteroatoms. The smallest absolute Gasteiger partial charge is 0.243 e. The number of nitrogens with zero attached hydrogens (tertiary/aromatic N) is 1. The van der Waals surface area contributed by atoms with Crippen molar-refractivity contribution in [3.63, 3.8) is 0 Å². The lowest BCUT2D eigenvalue weighted by Crippen LogP contribution is -2.31. The summed E-state index contributed by atoms with van der Waals surface area (Å²) >= 11 is 0. The zero-order chi connectivity index (χ0) is 12.9. The molecule has 94 valence electrons. The van der Waals surface area contributed by atoms with Crippen molar-refractivity contribution >= 4 is 10.0 Å². The van der Waals surface area contributed by atoms with E-state index in [0.29, 0.717) is 6.54 Å². The molecule has 0 aliphatic rings. The third-order valence-corrected chi connectivity index (χ3v) is 4.12. The number of phenols is 1. The van der Waals surface area contributed by atoms with Gasteiger partial charge in [-0.3, -0.25) is 0 Å². The molecule has 0 saturated heterocycles. The van der Waals surface area contributed by atoms with E-state index in [9.17, 15) is 13.5 Å². The van der Waals surface area contributed by atoms with Crippen LogP contribution in [0.4, 0.5) is 0 Å². The topological polar surface area (TPSA) is 57.6 Å². The molecule has 1 aromatic carbocycles. The molecule has 0 atom stereocenters. The maximum Gasteiger partial charge on any atom is 0.243 e. The lowest BCUT2D eigenvalue weighted by molar-refractivity contribution is 0.439. The Kier molecular flexibility index (Phi) is 4.72. The summed E-state index contributed by atoms with van der Waals surface area (Å²) in [7, 11) is -3.55. The van der Waals surface area contributed by atoms with Crippen molar-refractivity contribution in [3.8, 4) is 5.75 Å². The number of rotatable bonds is 6. The van der Waals surface area contributed by atoms with Gasteiger partial charge in [0.15, 0.2) is 0 Å². The van der Waals surface area contributed by atoms with Crippen LogP contribution < -0.4 is 0 Å². The monoisotopic (exact) mass is 255 g/mol. The number of sulfonamides is 1. The Balaban J connectivity index is 3.11. The fraction of sp³-hybridized carbons (Fsp3) is 0.333. The Morgan fingerprint density at radius 3 is 2.71 bits per heavy atom. The first-order valence-electron chi connectivity index (χ1n) is 5.42. The van der Waals surface area contributed by atoms with Crippen molar-refractivity contribution in [2.75, 3.05) is 13.1 Å². The molecule has 1 rings (SSSR count). The highest BCUT2D eigenvalue weighted by molar-refractivity contribution is 7.89. The first kappa shape index (κ1) is 13.7. The van der Waals surface area contributed by atoms with Crippen LogP contribution in [0, 0.1) is 0 Å². The van der Waals surface area contributed by atoms with Gasteiger partial charge in [-0.15, -0.1) is 6.58 Å². The van der Waals surface area contributed by atoms with Crippen LogP contribution in [0.15, 0.2) is 41.8 Å². The van der Waals surface area contributed by atoms with E-state index in [1.807, 2.05) is 6.92 Å². The molecule has 0 saturated carbocycles. The summed E-state index contributed by atoms with van der Waals surface area (Å²) in [6.45, 7) is 6.17. The number of hydrogen-bond acceptors (Lipinski definition) is 3. The third-order valence-electron chi connectivity index (χ3n) is 2.26. The maximum atomic E-state index is 12.2. The van der Waals surface area contributed by atoms with Gasteiger partial charge in [0.1, 0.15) is 5.75 Å². The Bertz CT molecular complexity index is 482. The van der Waals surface area contributed by atoms with Crippen molar-refractivity contribution in [1.82, 2.24) is 4.31 Å². The van der Waals surface area contributed by atoms with Gasteiger partial charge in [-0.2, -0.15) is 4.31 Å². The van der Waals surface area contributed by atoms with E-state index in [1.54, 1.807) is 6.08 Å². The summed E-state index contributed by atoms with van der Waals surface area (Å²) in [6, 6.07) is 5.68. The molecule has 0 spiro atoms. The molecule has 4 nitrogen and oxygen atoms in total. The molecular formula is C12H17NO3S. The molecule has 0 heterocycles. The average molecular weight is 255 g/mol. The second-order valence-electron chi connectivity index (χ2n) is 3.65. The van der Waals surface area contributed by atoms with Gasteiger partial charge < -0.3 is 5.11 Å². The van der Waals surface area contributed by atoms with Gasteiger partial charge in [-0.05, 0) is 24.6 Å². The number of phenolic OH excluding ortho intramolecular Hbond substituents is 1. The van der Waals surface area contributed by atoms with Gasteiger partial charge in [0.2, 0.25) is 10.0 Å². The van der Waals surface area contributed by atoms with Crippen LogP contribution in [-0.4, -0.2) is 30.9 Å². The lowest BCUT2D eigenvalue weighted by Gasteiger charge is -2.19. The Morgan fingerprint density at radius 1 is 1.47 bits per heavy atom. The van der Waals surface area contributed by atoms with E-state index in [2.05, 4.69) is 6.58 Å². The van der Waals surface area contributed by atoms with Crippen LogP contribution in [0.25, 0.3) is 0 Å². The highest BCUT2D eigenvalue weighted by Gasteiger charge is 2.22. The zero-order valence-electron chi connectivity index (χ0n) is 9.83. The molecule has 17 heavy (non-hydrogen) atoms. The molecule has 1 N–H and O–H groups in total. The summed E-state index contributed by atoms with van der Waals surface area (Å²) in [5.74, 6) is -0.0545. The fourth-order valence-electron chi connectivity index (χ4n) is 1.50. The first-order valence-corrected chi connectivity index (χ1v) is 6.86. The SMILES string of the molecule is C=CCN(CCC)S(=O)(=O)c1cccc(O)c1. The Hall–Kier alpha value is -1.33. The van der Waals surface area contributed by atoms with E-state index in [1.165, 1.54) is 28.6 Å². The molecule has 0 aliphatic heterocycles. The molecule has 0 fully saturated rings. The van der Waals surface area contributed by atoms with Gasteiger partial charge in [0, 0.05) is 13.1 Å². The van der Waals surface area contributed by atoms with Gasteiger partial charge in [-0.25, -0.2) is 8.42 Å². The van der Waals surface area contributed by atoms with Crippen molar-refractivity contribution < 1.29 is 13.5 Å². The normalized spacial score (nSPS) is 11.6. The minimum atomic E-state index is -3.55. The Labute approximate surface area is 102 Å². The van der Waals surface area contributed by atoms with E-state index in [0.717, 1.165) is 6.42 Å².